The highest BCUT2D eigenvalue weighted by Gasteiger charge is 2.54. The van der Waals surface area contributed by atoms with Crippen LogP contribution in [0.4, 0.5) is 4.39 Å². The number of halogens is 1. The maximum Gasteiger partial charge on any atom is 0.256 e. The number of carbonyl (C=O) groups excluding carboxylic acids is 1. The van der Waals surface area contributed by atoms with Crippen molar-refractivity contribution in [2.45, 2.75) is 40.0 Å². The molecule has 0 bridgehead atoms. The Morgan fingerprint density at radius 2 is 1.68 bits per heavy atom. The van der Waals surface area contributed by atoms with Crippen molar-refractivity contribution in [1.29, 1.82) is 0 Å². The number of benzene rings is 2. The van der Waals surface area contributed by atoms with Crippen molar-refractivity contribution in [3.05, 3.63) is 77.6 Å². The SMILES string of the molecule is C=C(CC(=NC)C1CC2(C1)CN(C(=O)c1ccccc1F)C2)c1ccccc1C.CC. The Kier molecular flexibility index (Phi) is 7.09. The van der Waals surface area contributed by atoms with Crippen molar-refractivity contribution >= 4 is 17.2 Å². The van der Waals surface area contributed by atoms with Crippen molar-refractivity contribution in [2.24, 2.45) is 16.3 Å². The van der Waals surface area contributed by atoms with Crippen LogP contribution in [0.3, 0.4) is 0 Å². The number of hydrogen-bond donors (Lipinski definition) is 0. The highest BCUT2D eigenvalue weighted by molar-refractivity contribution is 5.97. The average Bonchev–Trinajstić information content (AvgIpc) is 2.72. The van der Waals surface area contributed by atoms with Gasteiger partial charge in [-0.1, -0.05) is 56.8 Å². The molecule has 0 unspecified atom stereocenters. The van der Waals surface area contributed by atoms with E-state index in [0.29, 0.717) is 19.0 Å². The maximum atomic E-state index is 13.9. The Hall–Kier alpha value is -2.75. The second kappa shape index (κ2) is 9.59. The fraction of sp³-hybridized carbons (Fsp3) is 0.407. The van der Waals surface area contributed by atoms with Crippen molar-refractivity contribution in [1.82, 2.24) is 4.90 Å². The summed E-state index contributed by atoms with van der Waals surface area (Å²) in [5, 5.41) is 0. The Morgan fingerprint density at radius 1 is 1.10 bits per heavy atom. The number of amides is 1. The summed E-state index contributed by atoms with van der Waals surface area (Å²) in [6, 6.07) is 14.5. The van der Waals surface area contributed by atoms with Crippen molar-refractivity contribution in [2.75, 3.05) is 20.1 Å². The molecule has 0 atom stereocenters. The molecule has 4 rings (SSSR count). The molecule has 1 aliphatic heterocycles. The first-order valence-electron chi connectivity index (χ1n) is 11.2. The third kappa shape index (κ3) is 4.63. The summed E-state index contributed by atoms with van der Waals surface area (Å²) in [4.78, 5) is 18.9. The van der Waals surface area contributed by atoms with Gasteiger partial charge in [-0.05, 0) is 54.5 Å². The first-order valence-corrected chi connectivity index (χ1v) is 11.2. The van der Waals surface area contributed by atoms with Gasteiger partial charge in [0, 0.05) is 37.7 Å². The van der Waals surface area contributed by atoms with E-state index >= 15 is 0 Å². The van der Waals surface area contributed by atoms with Gasteiger partial charge in [0.1, 0.15) is 5.82 Å². The van der Waals surface area contributed by atoms with E-state index < -0.39 is 5.82 Å². The lowest BCUT2D eigenvalue weighted by Crippen LogP contribution is -2.64. The summed E-state index contributed by atoms with van der Waals surface area (Å²) in [5.74, 6) is -0.193. The third-order valence-corrected chi connectivity index (χ3v) is 6.48. The monoisotopic (exact) mass is 420 g/mol. The maximum absolute atomic E-state index is 13.9. The number of likely N-dealkylation sites (tertiary alicyclic amines) is 1. The summed E-state index contributed by atoms with van der Waals surface area (Å²) >= 11 is 0. The second-order valence-corrected chi connectivity index (χ2v) is 8.56. The van der Waals surface area contributed by atoms with Crippen LogP contribution in [0, 0.1) is 24.1 Å². The average molecular weight is 421 g/mol. The van der Waals surface area contributed by atoms with Crippen LogP contribution in [-0.4, -0.2) is 36.7 Å². The normalized spacial score (nSPS) is 17.3. The van der Waals surface area contributed by atoms with E-state index in [0.717, 1.165) is 24.8 Å². The number of carbonyl (C=O) groups is 1. The van der Waals surface area contributed by atoms with Crippen LogP contribution in [0.15, 0.2) is 60.1 Å². The zero-order valence-corrected chi connectivity index (χ0v) is 19.1. The van der Waals surface area contributed by atoms with Crippen molar-refractivity contribution in [3.8, 4) is 0 Å². The molecule has 2 aromatic carbocycles. The standard InChI is InChI=1S/C25H27FN2O.C2H6/c1-17-8-4-5-9-20(17)18(2)12-23(27-3)19-13-25(14-19)15-28(16-25)24(29)21-10-6-7-11-22(21)26;1-2/h4-11,19H,2,12-16H2,1,3H3;1-2H3. The number of allylic oxidation sites excluding steroid dienone is 1. The molecule has 31 heavy (non-hydrogen) atoms. The Bertz CT molecular complexity index is 980. The minimum Gasteiger partial charge on any atom is -0.337 e. The second-order valence-electron chi connectivity index (χ2n) is 8.56. The molecule has 1 saturated heterocycles. The molecule has 1 saturated carbocycles. The summed E-state index contributed by atoms with van der Waals surface area (Å²) in [5.41, 5.74) is 5.10. The van der Waals surface area contributed by atoms with Crippen LogP contribution < -0.4 is 0 Å². The predicted molar refractivity (Wildman–Crippen MR) is 127 cm³/mol. The fourth-order valence-corrected chi connectivity index (χ4v) is 4.88. The van der Waals surface area contributed by atoms with E-state index in [2.05, 4.69) is 30.6 Å². The first kappa shape index (κ1) is 22.9. The van der Waals surface area contributed by atoms with E-state index in [1.807, 2.05) is 33.0 Å². The quantitative estimate of drug-likeness (QED) is 0.531. The summed E-state index contributed by atoms with van der Waals surface area (Å²) in [6.07, 6.45) is 2.88. The molecule has 1 spiro atoms. The number of nitrogens with zero attached hydrogens (tertiary/aromatic N) is 2. The molecule has 1 heterocycles. The molecule has 1 aliphatic carbocycles. The van der Waals surface area contributed by atoms with E-state index in [9.17, 15) is 9.18 Å². The molecule has 0 N–H and O–H groups in total. The van der Waals surface area contributed by atoms with E-state index in [-0.39, 0.29) is 16.9 Å². The first-order chi connectivity index (χ1) is 14.9. The molecule has 2 fully saturated rings. The number of rotatable bonds is 5. The molecule has 0 radical (unpaired) electrons. The van der Waals surface area contributed by atoms with Crippen LogP contribution in [0.2, 0.25) is 0 Å². The molecule has 164 valence electrons. The molecular weight excluding hydrogens is 387 g/mol. The van der Waals surface area contributed by atoms with Crippen LogP contribution in [0.5, 0.6) is 0 Å². The molecule has 3 nitrogen and oxygen atoms in total. The highest BCUT2D eigenvalue weighted by atomic mass is 19.1. The lowest BCUT2D eigenvalue weighted by Gasteiger charge is -2.59. The van der Waals surface area contributed by atoms with E-state index in [1.165, 1.54) is 22.9 Å². The summed E-state index contributed by atoms with van der Waals surface area (Å²) in [6.45, 7) is 11.8. The van der Waals surface area contributed by atoms with Gasteiger partial charge in [0.15, 0.2) is 0 Å². The minimum atomic E-state index is -0.444. The minimum absolute atomic E-state index is 0.170. The number of aliphatic imine (C=N–C) groups is 1. The Morgan fingerprint density at radius 3 is 2.26 bits per heavy atom. The highest BCUT2D eigenvalue weighted by Crippen LogP contribution is 2.53. The number of hydrogen-bond acceptors (Lipinski definition) is 2. The van der Waals surface area contributed by atoms with Crippen LogP contribution in [-0.2, 0) is 0 Å². The predicted octanol–water partition coefficient (Wildman–Crippen LogP) is 6.19. The molecule has 4 heteroatoms. The van der Waals surface area contributed by atoms with Crippen LogP contribution >= 0.6 is 0 Å². The molecule has 2 aromatic rings. The summed E-state index contributed by atoms with van der Waals surface area (Å²) < 4.78 is 13.9. The van der Waals surface area contributed by atoms with Crippen molar-refractivity contribution in [3.63, 3.8) is 0 Å². The Labute approximate surface area is 185 Å². The molecule has 1 amide bonds. The van der Waals surface area contributed by atoms with Gasteiger partial charge in [0.2, 0.25) is 0 Å². The zero-order chi connectivity index (χ0) is 22.6. The van der Waals surface area contributed by atoms with E-state index in [4.69, 9.17) is 0 Å². The van der Waals surface area contributed by atoms with Gasteiger partial charge < -0.3 is 4.90 Å². The van der Waals surface area contributed by atoms with Gasteiger partial charge >= 0.3 is 0 Å². The number of aryl methyl sites for hydroxylation is 1. The van der Waals surface area contributed by atoms with E-state index in [1.54, 1.807) is 23.1 Å². The van der Waals surface area contributed by atoms with Crippen molar-refractivity contribution < 1.29 is 9.18 Å². The van der Waals surface area contributed by atoms with Gasteiger partial charge in [0.05, 0.1) is 5.56 Å². The smallest absolute Gasteiger partial charge is 0.256 e. The largest absolute Gasteiger partial charge is 0.337 e. The Balaban J connectivity index is 0.00000132. The third-order valence-electron chi connectivity index (χ3n) is 6.48. The zero-order valence-electron chi connectivity index (χ0n) is 19.1. The van der Waals surface area contributed by atoms with Gasteiger partial charge in [-0.25, -0.2) is 4.39 Å². The molecule has 2 aliphatic rings. The van der Waals surface area contributed by atoms with Gasteiger partial charge in [-0.2, -0.15) is 0 Å². The topological polar surface area (TPSA) is 32.7 Å². The van der Waals surface area contributed by atoms with Gasteiger partial charge in [-0.3, -0.25) is 9.79 Å². The van der Waals surface area contributed by atoms with Crippen LogP contribution in [0.25, 0.3) is 5.57 Å². The van der Waals surface area contributed by atoms with Gasteiger partial charge in [-0.15, -0.1) is 0 Å². The molecular formula is C27H33FN2O. The fourth-order valence-electron chi connectivity index (χ4n) is 4.88. The lowest BCUT2D eigenvalue weighted by molar-refractivity contribution is -0.0593. The lowest BCUT2D eigenvalue weighted by atomic mass is 9.56. The molecule has 0 aromatic heterocycles. The summed E-state index contributed by atoms with van der Waals surface area (Å²) in [7, 11) is 1.86. The van der Waals surface area contributed by atoms with Crippen LogP contribution in [0.1, 0.15) is 54.6 Å². The van der Waals surface area contributed by atoms with Gasteiger partial charge in [0.25, 0.3) is 5.91 Å².